The molecule has 5 fully saturated rings. The monoisotopic (exact) mass is 648 g/mol. The molecule has 0 atom stereocenters. The van der Waals surface area contributed by atoms with Crippen molar-refractivity contribution in [1.29, 1.82) is 5.26 Å². The molecule has 4 bridgehead atoms. The third-order valence-corrected chi connectivity index (χ3v) is 11.8. The Morgan fingerprint density at radius 3 is 2.32 bits per heavy atom. The second-order valence-corrected chi connectivity index (χ2v) is 16.3. The molecule has 9 rings (SSSR count). The summed E-state index contributed by atoms with van der Waals surface area (Å²) in [6, 6.07) is 15.4. The van der Waals surface area contributed by atoms with Crippen LogP contribution in [0.25, 0.3) is 22.2 Å². The predicted octanol–water partition coefficient (Wildman–Crippen LogP) is 8.45. The summed E-state index contributed by atoms with van der Waals surface area (Å²) < 4.78 is 2.06. The van der Waals surface area contributed by atoms with Crippen LogP contribution in [0.4, 0.5) is 11.4 Å². The molecule has 1 aliphatic heterocycles. The maximum atomic E-state index is 10.1. The first-order valence-electron chi connectivity index (χ1n) is 17.5. The second kappa shape index (κ2) is 11.8. The molecule has 4 saturated carbocycles. The molecule has 244 valence electrons. The minimum atomic E-state index is 0.0709. The number of pyridine rings is 1. The lowest BCUT2D eigenvalue weighted by atomic mass is 9.53. The first-order chi connectivity index (χ1) is 22.6. The number of anilines is 2. The maximum Gasteiger partial charge on any atom is 0.113 e. The highest BCUT2D eigenvalue weighted by molar-refractivity contribution is 6.35. The third kappa shape index (κ3) is 5.98. The van der Waals surface area contributed by atoms with Crippen LogP contribution in [0.1, 0.15) is 89.3 Å². The van der Waals surface area contributed by atoms with E-state index in [2.05, 4.69) is 98.9 Å². The van der Waals surface area contributed by atoms with Crippen LogP contribution in [0.3, 0.4) is 0 Å². The highest BCUT2D eigenvalue weighted by Crippen LogP contribution is 2.57. The molecule has 0 radical (unpaired) electrons. The van der Waals surface area contributed by atoms with Gasteiger partial charge in [0, 0.05) is 53.5 Å². The van der Waals surface area contributed by atoms with Crippen LogP contribution >= 0.6 is 11.6 Å². The number of aromatic nitrogens is 4. The molecule has 47 heavy (non-hydrogen) atoms. The van der Waals surface area contributed by atoms with E-state index in [0.717, 1.165) is 82.8 Å². The average Bonchev–Trinajstić information content (AvgIpc) is 3.54. The minimum Gasteiger partial charge on any atom is -0.381 e. The van der Waals surface area contributed by atoms with Crippen LogP contribution in [-0.4, -0.2) is 49.0 Å². The highest BCUT2D eigenvalue weighted by Gasteiger charge is 2.51. The van der Waals surface area contributed by atoms with E-state index in [4.69, 9.17) is 11.6 Å². The number of hydrogen-bond acceptors (Lipinski definition) is 7. The quantitative estimate of drug-likeness (QED) is 0.208. The lowest BCUT2D eigenvalue weighted by Gasteiger charge is -2.57. The van der Waals surface area contributed by atoms with Gasteiger partial charge in [0.2, 0.25) is 0 Å². The normalized spacial score (nSPS) is 26.1. The number of fused-ring (bicyclic) bond motifs is 1. The van der Waals surface area contributed by atoms with Gasteiger partial charge in [-0.15, -0.1) is 5.10 Å². The van der Waals surface area contributed by atoms with E-state index in [1.807, 2.05) is 6.07 Å². The number of likely N-dealkylation sites (tertiary alicyclic amines) is 1. The Morgan fingerprint density at radius 1 is 1.00 bits per heavy atom. The molecule has 5 aliphatic rings. The van der Waals surface area contributed by atoms with Crippen molar-refractivity contribution in [2.75, 3.05) is 23.7 Å². The van der Waals surface area contributed by atoms with Crippen molar-refractivity contribution in [2.45, 2.75) is 95.8 Å². The first kappa shape index (κ1) is 30.7. The molecule has 3 heterocycles. The van der Waals surface area contributed by atoms with E-state index < -0.39 is 0 Å². The van der Waals surface area contributed by atoms with Gasteiger partial charge >= 0.3 is 0 Å². The van der Waals surface area contributed by atoms with Crippen LogP contribution in [-0.2, 0) is 6.54 Å². The van der Waals surface area contributed by atoms with Crippen molar-refractivity contribution in [3.8, 4) is 17.3 Å². The van der Waals surface area contributed by atoms with Gasteiger partial charge in [0.15, 0.2) is 0 Å². The smallest absolute Gasteiger partial charge is 0.113 e. The van der Waals surface area contributed by atoms with Crippen molar-refractivity contribution in [3.63, 3.8) is 0 Å². The van der Waals surface area contributed by atoms with Crippen LogP contribution in [0.15, 0.2) is 48.8 Å². The molecule has 0 amide bonds. The molecular formula is C38H45ClN8. The number of nitriles is 1. The van der Waals surface area contributed by atoms with Gasteiger partial charge in [0.05, 0.1) is 34.0 Å². The van der Waals surface area contributed by atoms with E-state index in [0.29, 0.717) is 23.2 Å². The van der Waals surface area contributed by atoms with Gasteiger partial charge in [0.25, 0.3) is 0 Å². The van der Waals surface area contributed by atoms with E-state index in [1.165, 1.54) is 38.5 Å². The Balaban J connectivity index is 0.969. The molecule has 4 aromatic rings. The number of hydrogen-bond donors (Lipinski definition) is 2. The molecule has 4 aliphatic carbocycles. The van der Waals surface area contributed by atoms with Crippen molar-refractivity contribution < 1.29 is 0 Å². The van der Waals surface area contributed by atoms with Crippen molar-refractivity contribution in [2.24, 2.45) is 17.8 Å². The number of rotatable bonds is 7. The summed E-state index contributed by atoms with van der Waals surface area (Å²) in [4.78, 5) is 7.17. The standard InChI is InChI=1S/C38H45ClN8/c1-37(2,3)46-10-8-31(9-11-46)47-23-34(44-45-47)28-6-4-24(5-7-28)21-41-30-15-32-35(29(20-40)22-42-36(32)33(39)16-30)43-38-17-25-12-26(18-38)14-27(13-25)19-38/h4-7,15-16,22-23,25-27,31,41H,8-14,17-19,21H2,1-3H3,(H,42,43). The fourth-order valence-electron chi connectivity index (χ4n) is 9.50. The number of nitrogens with zero attached hydrogens (tertiary/aromatic N) is 6. The lowest BCUT2D eigenvalue weighted by Crippen LogP contribution is -2.54. The van der Waals surface area contributed by atoms with Gasteiger partial charge < -0.3 is 10.6 Å². The number of halogens is 1. The van der Waals surface area contributed by atoms with Gasteiger partial charge in [-0.1, -0.05) is 41.1 Å². The predicted molar refractivity (Wildman–Crippen MR) is 188 cm³/mol. The van der Waals surface area contributed by atoms with Gasteiger partial charge in [-0.25, -0.2) is 4.68 Å². The molecule has 8 nitrogen and oxygen atoms in total. The summed E-state index contributed by atoms with van der Waals surface area (Å²) in [5.41, 5.74) is 6.54. The van der Waals surface area contributed by atoms with Gasteiger partial charge in [-0.05, 0) is 108 Å². The van der Waals surface area contributed by atoms with E-state index in [-0.39, 0.29) is 11.1 Å². The zero-order valence-electron chi connectivity index (χ0n) is 27.8. The second-order valence-electron chi connectivity index (χ2n) is 15.9. The molecule has 9 heteroatoms. The SMILES string of the molecule is CC(C)(C)N1CCC(n2cc(-c3ccc(CNc4cc(Cl)c5ncc(C#N)c(NC67CC8CC(CC(C8)C6)C7)c5c4)cc3)nn2)CC1. The van der Waals surface area contributed by atoms with Crippen LogP contribution in [0.5, 0.6) is 0 Å². The van der Waals surface area contributed by atoms with Crippen LogP contribution in [0, 0.1) is 29.1 Å². The number of piperidine rings is 1. The van der Waals surface area contributed by atoms with E-state index in [1.54, 1.807) is 6.20 Å². The number of nitrogens with one attached hydrogen (secondary N) is 2. The van der Waals surface area contributed by atoms with Crippen molar-refractivity contribution in [3.05, 3.63) is 64.9 Å². The molecule has 0 unspecified atom stereocenters. The fourth-order valence-corrected chi connectivity index (χ4v) is 9.76. The molecule has 2 N–H and O–H groups in total. The zero-order valence-corrected chi connectivity index (χ0v) is 28.5. The molecule has 1 saturated heterocycles. The molecule has 2 aromatic heterocycles. The summed E-state index contributed by atoms with van der Waals surface area (Å²) in [7, 11) is 0. The van der Waals surface area contributed by atoms with Crippen molar-refractivity contribution in [1.82, 2.24) is 24.9 Å². The Kier molecular flexibility index (Phi) is 7.69. The van der Waals surface area contributed by atoms with E-state index >= 15 is 0 Å². The third-order valence-electron chi connectivity index (χ3n) is 11.5. The Bertz CT molecular complexity index is 1790. The van der Waals surface area contributed by atoms with Gasteiger partial charge in [-0.2, -0.15) is 5.26 Å². The van der Waals surface area contributed by atoms with Crippen molar-refractivity contribution >= 4 is 33.9 Å². The highest BCUT2D eigenvalue weighted by atomic mass is 35.5. The Labute approximate surface area is 282 Å². The molecule has 0 spiro atoms. The van der Waals surface area contributed by atoms with E-state index in [9.17, 15) is 5.26 Å². The Hall–Kier alpha value is -3.67. The topological polar surface area (TPSA) is 94.7 Å². The summed E-state index contributed by atoms with van der Waals surface area (Å²) >= 11 is 6.83. The summed E-state index contributed by atoms with van der Waals surface area (Å²) in [5.74, 6) is 2.43. The largest absolute Gasteiger partial charge is 0.381 e. The summed E-state index contributed by atoms with van der Waals surface area (Å²) in [5, 5.41) is 28.2. The average molecular weight is 649 g/mol. The summed E-state index contributed by atoms with van der Waals surface area (Å²) in [6.07, 6.45) is 13.7. The number of benzene rings is 2. The lowest BCUT2D eigenvalue weighted by molar-refractivity contribution is 0.0107. The fraction of sp³-hybridized carbons (Fsp3) is 0.526. The zero-order chi connectivity index (χ0) is 32.3. The molecular weight excluding hydrogens is 604 g/mol. The first-order valence-corrected chi connectivity index (χ1v) is 17.8. The Morgan fingerprint density at radius 2 is 1.68 bits per heavy atom. The van der Waals surface area contributed by atoms with Gasteiger partial charge in [-0.3, -0.25) is 9.88 Å². The van der Waals surface area contributed by atoms with Gasteiger partial charge in [0.1, 0.15) is 11.8 Å². The molecule has 2 aromatic carbocycles. The van der Waals surface area contributed by atoms with Crippen LogP contribution in [0.2, 0.25) is 5.02 Å². The minimum absolute atomic E-state index is 0.0709. The maximum absolute atomic E-state index is 10.1. The van der Waals surface area contributed by atoms with Crippen LogP contribution < -0.4 is 10.6 Å². The summed E-state index contributed by atoms with van der Waals surface area (Å²) in [6.45, 7) is 9.68.